The van der Waals surface area contributed by atoms with Gasteiger partial charge in [0.1, 0.15) is 5.54 Å². The average Bonchev–Trinajstić information content (AvgIpc) is 3.21. The number of nitrogens with one attached hydrogen (secondary N) is 2. The van der Waals surface area contributed by atoms with Crippen LogP contribution in [0.1, 0.15) is 45.1 Å². The zero-order chi connectivity index (χ0) is 19.7. The van der Waals surface area contributed by atoms with Crippen molar-refractivity contribution in [3.8, 4) is 0 Å². The number of rotatable bonds is 0. The Labute approximate surface area is 174 Å². The molecule has 5 heterocycles. The SMILES string of the molecule is CC1(C)C2CC34CCCN3CC2(CC12C(=O)Nc1cc(Cl)c(Cl)cc12)NC4=O. The number of benzene rings is 1. The Kier molecular flexibility index (Phi) is 3.06. The van der Waals surface area contributed by atoms with Crippen molar-refractivity contribution < 1.29 is 9.59 Å². The molecular weight excluding hydrogens is 397 g/mol. The first-order valence-corrected chi connectivity index (χ1v) is 10.8. The summed E-state index contributed by atoms with van der Waals surface area (Å²) in [7, 11) is 0. The predicted molar refractivity (Wildman–Crippen MR) is 108 cm³/mol. The lowest BCUT2D eigenvalue weighted by Crippen LogP contribution is -2.78. The first-order valence-electron chi connectivity index (χ1n) is 10.1. The number of nitrogens with zero attached hydrogens (tertiary/aromatic N) is 1. The maximum atomic E-state index is 13.5. The van der Waals surface area contributed by atoms with Crippen molar-refractivity contribution >= 4 is 40.7 Å². The topological polar surface area (TPSA) is 61.4 Å². The van der Waals surface area contributed by atoms with Crippen molar-refractivity contribution in [1.29, 1.82) is 0 Å². The van der Waals surface area contributed by atoms with Crippen molar-refractivity contribution in [2.24, 2.45) is 11.3 Å². The standard InChI is InChI=1S/C21H23Cl2N3O2/c1-18(2)15-8-20-4-3-5-26(20)10-19(15,25-16(20)27)9-21(18)11-6-12(22)13(23)7-14(11)24-17(21)28/h6-7,15H,3-5,8-10H2,1-2H3,(H,24,28)(H,25,27). The fraction of sp³-hybridized carbons (Fsp3) is 0.619. The highest BCUT2D eigenvalue weighted by molar-refractivity contribution is 6.42. The van der Waals surface area contributed by atoms with Crippen LogP contribution < -0.4 is 10.6 Å². The molecule has 1 aromatic rings. The number of anilines is 1. The molecule has 7 heteroatoms. The van der Waals surface area contributed by atoms with E-state index in [1.54, 1.807) is 6.07 Å². The van der Waals surface area contributed by atoms with Gasteiger partial charge in [-0.1, -0.05) is 37.0 Å². The molecular formula is C21H23Cl2N3O2. The fourth-order valence-corrected chi connectivity index (χ4v) is 7.86. The van der Waals surface area contributed by atoms with E-state index in [4.69, 9.17) is 23.2 Å². The number of piperazine rings is 1. The monoisotopic (exact) mass is 419 g/mol. The van der Waals surface area contributed by atoms with Gasteiger partial charge < -0.3 is 10.6 Å². The number of piperidine rings is 2. The molecule has 2 N–H and O–H groups in total. The smallest absolute Gasteiger partial charge is 0.241 e. The molecule has 5 aliphatic heterocycles. The van der Waals surface area contributed by atoms with E-state index in [0.29, 0.717) is 16.5 Å². The third kappa shape index (κ3) is 1.65. The molecule has 1 aliphatic carbocycles. The summed E-state index contributed by atoms with van der Waals surface area (Å²) in [6, 6.07) is 3.62. The molecule has 28 heavy (non-hydrogen) atoms. The van der Waals surface area contributed by atoms with Gasteiger partial charge in [-0.15, -0.1) is 0 Å². The highest BCUT2D eigenvalue weighted by Crippen LogP contribution is 2.70. The first-order chi connectivity index (χ1) is 13.2. The van der Waals surface area contributed by atoms with E-state index >= 15 is 0 Å². The lowest BCUT2D eigenvalue weighted by molar-refractivity contribution is -0.156. The van der Waals surface area contributed by atoms with E-state index in [9.17, 15) is 9.59 Å². The van der Waals surface area contributed by atoms with Crippen molar-refractivity contribution in [1.82, 2.24) is 10.2 Å². The van der Waals surface area contributed by atoms with Crippen LogP contribution in [0.15, 0.2) is 12.1 Å². The van der Waals surface area contributed by atoms with Gasteiger partial charge in [0.05, 0.1) is 21.0 Å². The van der Waals surface area contributed by atoms with Gasteiger partial charge in [-0.05, 0) is 61.3 Å². The number of hydrogen-bond donors (Lipinski definition) is 2. The molecule has 7 rings (SSSR count). The van der Waals surface area contributed by atoms with E-state index in [1.807, 2.05) is 6.07 Å². The summed E-state index contributed by atoms with van der Waals surface area (Å²) in [5.74, 6) is 0.399. The summed E-state index contributed by atoms with van der Waals surface area (Å²) in [5, 5.41) is 7.40. The molecule has 1 saturated carbocycles. The van der Waals surface area contributed by atoms with Gasteiger partial charge >= 0.3 is 0 Å². The molecule has 5 fully saturated rings. The Hall–Kier alpha value is -1.30. The lowest BCUT2D eigenvalue weighted by atomic mass is 9.57. The van der Waals surface area contributed by atoms with Crippen molar-refractivity contribution in [2.45, 2.75) is 56.0 Å². The second-order valence-corrected chi connectivity index (χ2v) is 10.8. The van der Waals surface area contributed by atoms with Gasteiger partial charge in [0.2, 0.25) is 11.8 Å². The van der Waals surface area contributed by atoms with Crippen LogP contribution in [-0.2, 0) is 15.0 Å². The van der Waals surface area contributed by atoms with Gasteiger partial charge in [0.15, 0.2) is 0 Å². The second-order valence-electron chi connectivity index (χ2n) is 9.99. The minimum absolute atomic E-state index is 0.00460. The molecule has 2 bridgehead atoms. The molecule has 4 saturated heterocycles. The number of hydrogen-bond acceptors (Lipinski definition) is 3. The van der Waals surface area contributed by atoms with E-state index in [-0.39, 0.29) is 34.2 Å². The highest BCUT2D eigenvalue weighted by atomic mass is 35.5. The van der Waals surface area contributed by atoms with Crippen LogP contribution in [0.25, 0.3) is 0 Å². The Morgan fingerprint density at radius 3 is 2.68 bits per heavy atom. The Morgan fingerprint density at radius 2 is 1.89 bits per heavy atom. The Balaban J connectivity index is 1.57. The Morgan fingerprint density at radius 1 is 1.14 bits per heavy atom. The molecule has 4 atom stereocenters. The third-order valence-corrected chi connectivity index (χ3v) is 9.52. The normalized spacial score (nSPS) is 42.4. The third-order valence-electron chi connectivity index (χ3n) is 8.80. The summed E-state index contributed by atoms with van der Waals surface area (Å²) in [6.07, 6.45) is 3.42. The van der Waals surface area contributed by atoms with Gasteiger partial charge in [0.25, 0.3) is 0 Å². The van der Waals surface area contributed by atoms with E-state index < -0.39 is 5.41 Å². The molecule has 2 amide bonds. The molecule has 0 radical (unpaired) electrons. The largest absolute Gasteiger partial charge is 0.347 e. The maximum absolute atomic E-state index is 13.5. The minimum atomic E-state index is -0.722. The Bertz CT molecular complexity index is 979. The van der Waals surface area contributed by atoms with Crippen LogP contribution >= 0.6 is 23.2 Å². The van der Waals surface area contributed by atoms with Crippen LogP contribution in [0.3, 0.4) is 0 Å². The summed E-state index contributed by atoms with van der Waals surface area (Å²) in [6.45, 7) is 6.21. The molecule has 1 aromatic carbocycles. The van der Waals surface area contributed by atoms with E-state index in [1.165, 1.54) is 0 Å². The molecule has 6 aliphatic rings. The number of fused-ring (bicyclic) bond motifs is 3. The quantitative estimate of drug-likeness (QED) is 0.677. The highest BCUT2D eigenvalue weighted by Gasteiger charge is 2.77. The van der Waals surface area contributed by atoms with Crippen LogP contribution in [-0.4, -0.2) is 40.9 Å². The summed E-state index contributed by atoms with van der Waals surface area (Å²) in [5.41, 5.74) is -0.130. The molecule has 4 unspecified atom stereocenters. The molecule has 0 aromatic heterocycles. The number of carbonyl (C=O) groups is 2. The average molecular weight is 420 g/mol. The zero-order valence-electron chi connectivity index (χ0n) is 16.0. The molecule has 3 spiro atoms. The first kappa shape index (κ1) is 17.5. The maximum Gasteiger partial charge on any atom is 0.241 e. The number of carbonyl (C=O) groups excluding carboxylic acids is 2. The summed E-state index contributed by atoms with van der Waals surface area (Å²) < 4.78 is 0. The van der Waals surface area contributed by atoms with Gasteiger partial charge in [0, 0.05) is 12.2 Å². The molecule has 5 nitrogen and oxygen atoms in total. The second kappa shape index (κ2) is 4.88. The van der Waals surface area contributed by atoms with Crippen molar-refractivity contribution in [2.75, 3.05) is 18.4 Å². The van der Waals surface area contributed by atoms with E-state index in [2.05, 4.69) is 29.4 Å². The van der Waals surface area contributed by atoms with Crippen LogP contribution in [0, 0.1) is 11.3 Å². The molecule has 148 valence electrons. The van der Waals surface area contributed by atoms with Crippen LogP contribution in [0.2, 0.25) is 10.0 Å². The minimum Gasteiger partial charge on any atom is -0.347 e. The van der Waals surface area contributed by atoms with Crippen LogP contribution in [0.4, 0.5) is 5.69 Å². The van der Waals surface area contributed by atoms with Gasteiger partial charge in [-0.2, -0.15) is 0 Å². The van der Waals surface area contributed by atoms with E-state index in [0.717, 1.165) is 43.6 Å². The lowest BCUT2D eigenvalue weighted by Gasteiger charge is -2.60. The van der Waals surface area contributed by atoms with Gasteiger partial charge in [-0.25, -0.2) is 0 Å². The summed E-state index contributed by atoms with van der Waals surface area (Å²) in [4.78, 5) is 29.0. The van der Waals surface area contributed by atoms with Crippen molar-refractivity contribution in [3.05, 3.63) is 27.7 Å². The number of amides is 2. The zero-order valence-corrected chi connectivity index (χ0v) is 17.5. The van der Waals surface area contributed by atoms with Crippen LogP contribution in [0.5, 0.6) is 0 Å². The van der Waals surface area contributed by atoms with Gasteiger partial charge in [-0.3, -0.25) is 14.5 Å². The number of halogens is 2. The fourth-order valence-electron chi connectivity index (χ4n) is 7.54. The summed E-state index contributed by atoms with van der Waals surface area (Å²) >= 11 is 12.6. The predicted octanol–water partition coefficient (Wildman–Crippen LogP) is 3.34. The van der Waals surface area contributed by atoms with Crippen molar-refractivity contribution in [3.63, 3.8) is 0 Å².